The van der Waals surface area contributed by atoms with Gasteiger partial charge in [0.1, 0.15) is 5.69 Å². The highest BCUT2D eigenvalue weighted by atomic mass is 16.1. The number of rotatable bonds is 4. The average Bonchev–Trinajstić information content (AvgIpc) is 3.23. The highest BCUT2D eigenvalue weighted by Crippen LogP contribution is 2.27. The Bertz CT molecular complexity index is 1760. The molecule has 0 spiro atoms. The maximum absolute atomic E-state index is 13.5. The van der Waals surface area contributed by atoms with Crippen molar-refractivity contribution < 1.29 is 0 Å². The predicted octanol–water partition coefficient (Wildman–Crippen LogP) is 5.12. The van der Waals surface area contributed by atoms with Crippen molar-refractivity contribution in [1.82, 2.24) is 29.5 Å². The normalized spacial score (nSPS) is 11.4. The number of nitrogens with zero attached hydrogens (tertiary/aromatic N) is 6. The fraction of sp³-hybridized carbons (Fsp3) is 0.138. The average molecular weight is 473 g/mol. The number of aryl methyl sites for hydroxylation is 2. The lowest BCUT2D eigenvalue weighted by molar-refractivity contribution is 0.697. The third kappa shape index (κ3) is 3.56. The zero-order chi connectivity index (χ0) is 24.8. The van der Waals surface area contributed by atoms with Crippen molar-refractivity contribution in [3.05, 3.63) is 112 Å². The summed E-state index contributed by atoms with van der Waals surface area (Å²) in [6.07, 6.45) is 3.64. The third-order valence-corrected chi connectivity index (χ3v) is 6.72. The predicted molar refractivity (Wildman–Crippen MR) is 141 cm³/mol. The summed E-state index contributed by atoms with van der Waals surface area (Å²) < 4.78 is 3.34. The lowest BCUT2D eigenvalue weighted by Crippen LogP contribution is -2.18. The van der Waals surface area contributed by atoms with Gasteiger partial charge in [0, 0.05) is 29.0 Å². The van der Waals surface area contributed by atoms with E-state index in [1.807, 2.05) is 98.4 Å². The zero-order valence-electron chi connectivity index (χ0n) is 20.3. The Labute approximate surface area is 208 Å². The van der Waals surface area contributed by atoms with Gasteiger partial charge in [-0.3, -0.25) is 19.4 Å². The minimum Gasteiger partial charge on any atom is -0.265 e. The van der Waals surface area contributed by atoms with Gasteiger partial charge in [0.05, 0.1) is 23.4 Å². The number of fused-ring (bicyclic) bond motifs is 3. The summed E-state index contributed by atoms with van der Waals surface area (Å²) in [6, 6.07) is 21.8. The van der Waals surface area contributed by atoms with Crippen LogP contribution in [-0.2, 0) is 6.54 Å². The van der Waals surface area contributed by atoms with Crippen molar-refractivity contribution in [2.45, 2.75) is 27.3 Å². The summed E-state index contributed by atoms with van der Waals surface area (Å²) in [5.74, 6) is 0. The SMILES string of the molecule is Cc1cccc(-n2nc3c4ccccc4n(Cc4ccc(-c5cccnc5C)nc4)nc-3c2=O)c1C. The van der Waals surface area contributed by atoms with Gasteiger partial charge in [-0.2, -0.15) is 14.9 Å². The number of aromatic nitrogens is 6. The first-order valence-electron chi connectivity index (χ1n) is 11.8. The van der Waals surface area contributed by atoms with Gasteiger partial charge in [-0.1, -0.05) is 36.4 Å². The van der Waals surface area contributed by atoms with E-state index in [-0.39, 0.29) is 5.56 Å². The molecule has 6 rings (SSSR count). The van der Waals surface area contributed by atoms with Gasteiger partial charge in [-0.25, -0.2) is 0 Å². The van der Waals surface area contributed by atoms with Gasteiger partial charge in [0.2, 0.25) is 0 Å². The minimum absolute atomic E-state index is 0.223. The molecule has 0 fully saturated rings. The Kier molecular flexibility index (Phi) is 5.18. The molecule has 0 N–H and O–H groups in total. The molecule has 2 aliphatic rings. The molecule has 0 radical (unpaired) electrons. The maximum atomic E-state index is 13.5. The van der Waals surface area contributed by atoms with Crippen LogP contribution in [0.2, 0.25) is 0 Å². The number of benzene rings is 2. The molecule has 0 amide bonds. The molecule has 0 saturated carbocycles. The van der Waals surface area contributed by atoms with Crippen molar-refractivity contribution >= 4 is 10.9 Å². The Morgan fingerprint density at radius 3 is 2.47 bits per heavy atom. The lowest BCUT2D eigenvalue weighted by Gasteiger charge is -2.12. The fourth-order valence-electron chi connectivity index (χ4n) is 4.59. The van der Waals surface area contributed by atoms with Crippen LogP contribution in [0.4, 0.5) is 0 Å². The highest BCUT2D eigenvalue weighted by molar-refractivity contribution is 5.92. The minimum atomic E-state index is -0.223. The Hall–Kier alpha value is -4.65. The smallest absolute Gasteiger partial charge is 0.265 e. The van der Waals surface area contributed by atoms with Gasteiger partial charge >= 0.3 is 5.56 Å². The molecule has 2 aliphatic heterocycles. The first-order valence-corrected chi connectivity index (χ1v) is 11.8. The molecule has 7 heteroatoms. The van der Waals surface area contributed by atoms with Crippen molar-refractivity contribution in [2.75, 3.05) is 0 Å². The van der Waals surface area contributed by atoms with Crippen LogP contribution < -0.4 is 5.56 Å². The number of hydrogen-bond acceptors (Lipinski definition) is 5. The van der Waals surface area contributed by atoms with Crippen LogP contribution in [0.15, 0.2) is 83.9 Å². The summed E-state index contributed by atoms with van der Waals surface area (Å²) in [4.78, 5) is 22.5. The highest BCUT2D eigenvalue weighted by Gasteiger charge is 2.23. The number of para-hydroxylation sites is 1. The molecule has 36 heavy (non-hydrogen) atoms. The van der Waals surface area contributed by atoms with Crippen LogP contribution >= 0.6 is 0 Å². The Morgan fingerprint density at radius 2 is 1.67 bits per heavy atom. The van der Waals surface area contributed by atoms with Crippen molar-refractivity contribution in [2.24, 2.45) is 0 Å². The summed E-state index contributed by atoms with van der Waals surface area (Å²) in [6.45, 7) is 6.49. The molecule has 2 aromatic heterocycles. The maximum Gasteiger partial charge on any atom is 0.301 e. The summed E-state index contributed by atoms with van der Waals surface area (Å²) in [5, 5.41) is 10.4. The van der Waals surface area contributed by atoms with Gasteiger partial charge in [-0.15, -0.1) is 0 Å². The Morgan fingerprint density at radius 1 is 0.806 bits per heavy atom. The molecule has 0 atom stereocenters. The molecule has 0 bridgehead atoms. The molecule has 4 heterocycles. The first kappa shape index (κ1) is 21.9. The molecule has 176 valence electrons. The van der Waals surface area contributed by atoms with Crippen LogP contribution in [0.1, 0.15) is 22.4 Å². The van der Waals surface area contributed by atoms with E-state index in [4.69, 9.17) is 10.2 Å². The second-order valence-corrected chi connectivity index (χ2v) is 9.00. The van der Waals surface area contributed by atoms with Crippen LogP contribution in [0.25, 0.3) is 39.2 Å². The summed E-state index contributed by atoms with van der Waals surface area (Å²) in [5.41, 5.74) is 8.35. The molecule has 0 saturated heterocycles. The molecule has 0 aliphatic carbocycles. The molecule has 0 unspecified atom stereocenters. The van der Waals surface area contributed by atoms with Crippen molar-refractivity contribution in [1.29, 1.82) is 0 Å². The number of hydrogen-bond donors (Lipinski definition) is 0. The van der Waals surface area contributed by atoms with E-state index in [1.165, 1.54) is 4.68 Å². The topological polar surface area (TPSA) is 78.5 Å². The summed E-state index contributed by atoms with van der Waals surface area (Å²) in [7, 11) is 0. The molecule has 2 aromatic carbocycles. The molecule has 4 aromatic rings. The van der Waals surface area contributed by atoms with E-state index in [2.05, 4.69) is 9.97 Å². The van der Waals surface area contributed by atoms with Gasteiger partial charge in [-0.05, 0) is 67.8 Å². The van der Waals surface area contributed by atoms with E-state index in [1.54, 1.807) is 6.20 Å². The lowest BCUT2D eigenvalue weighted by atomic mass is 10.1. The van der Waals surface area contributed by atoms with Crippen molar-refractivity contribution in [3.63, 3.8) is 0 Å². The zero-order valence-corrected chi connectivity index (χ0v) is 20.3. The Balaban J connectivity index is 1.46. The van der Waals surface area contributed by atoms with Crippen LogP contribution in [0, 0.1) is 20.8 Å². The van der Waals surface area contributed by atoms with E-state index in [0.717, 1.165) is 50.2 Å². The van der Waals surface area contributed by atoms with Gasteiger partial charge in [0.15, 0.2) is 5.69 Å². The largest absolute Gasteiger partial charge is 0.301 e. The standard InChI is InChI=1S/C29H24N6O/c1-18-8-6-12-25(19(18)2)35-29(36)28-27(33-35)23-9-4-5-11-26(23)34(32-28)17-21-13-14-24(31-16-21)22-10-7-15-30-20(22)3/h4-16H,17H2,1-3H3. The van der Waals surface area contributed by atoms with Crippen LogP contribution in [0.3, 0.4) is 0 Å². The second kappa shape index (κ2) is 8.53. The van der Waals surface area contributed by atoms with Crippen LogP contribution in [-0.4, -0.2) is 29.5 Å². The monoisotopic (exact) mass is 472 g/mol. The van der Waals surface area contributed by atoms with E-state index in [9.17, 15) is 4.79 Å². The molecular weight excluding hydrogens is 448 g/mol. The van der Waals surface area contributed by atoms with Crippen LogP contribution in [0.5, 0.6) is 0 Å². The first-order chi connectivity index (χ1) is 17.5. The second-order valence-electron chi connectivity index (χ2n) is 9.00. The van der Waals surface area contributed by atoms with Crippen molar-refractivity contribution in [3.8, 4) is 28.3 Å². The number of pyridine rings is 2. The fourth-order valence-corrected chi connectivity index (χ4v) is 4.59. The summed E-state index contributed by atoms with van der Waals surface area (Å²) >= 11 is 0. The van der Waals surface area contributed by atoms with E-state index < -0.39 is 0 Å². The quantitative estimate of drug-likeness (QED) is 0.356. The molecule has 7 nitrogen and oxygen atoms in total. The van der Waals surface area contributed by atoms with E-state index >= 15 is 0 Å². The van der Waals surface area contributed by atoms with E-state index in [0.29, 0.717) is 17.9 Å². The van der Waals surface area contributed by atoms with Gasteiger partial charge in [0.25, 0.3) is 0 Å². The van der Waals surface area contributed by atoms with Gasteiger partial charge < -0.3 is 0 Å². The third-order valence-electron chi connectivity index (χ3n) is 6.72. The molecular formula is C29H24N6O.